The highest BCUT2D eigenvalue weighted by Crippen LogP contribution is 2.14. The predicted octanol–water partition coefficient (Wildman–Crippen LogP) is 0.618. The Kier molecular flexibility index (Phi) is 7.54. The van der Waals surface area contributed by atoms with Crippen LogP contribution < -0.4 is 10.6 Å². The number of ether oxygens (including phenoxy) is 1. The van der Waals surface area contributed by atoms with Crippen LogP contribution in [0.5, 0.6) is 0 Å². The number of nitrogens with one attached hydrogen (secondary N) is 2. The summed E-state index contributed by atoms with van der Waals surface area (Å²) in [5, 5.41) is 15.0. The first-order chi connectivity index (χ1) is 9.56. The van der Waals surface area contributed by atoms with Gasteiger partial charge in [-0.1, -0.05) is 13.8 Å². The molecule has 0 spiro atoms. The average molecular weight is 286 g/mol. The minimum absolute atomic E-state index is 0.000851. The van der Waals surface area contributed by atoms with E-state index in [1.54, 1.807) is 6.92 Å². The van der Waals surface area contributed by atoms with Crippen molar-refractivity contribution in [1.82, 2.24) is 10.6 Å². The van der Waals surface area contributed by atoms with Crippen LogP contribution in [0, 0.1) is 11.8 Å². The third kappa shape index (κ3) is 5.46. The molecule has 1 heterocycles. The van der Waals surface area contributed by atoms with Crippen LogP contribution in [0.25, 0.3) is 0 Å². The molecule has 1 amide bonds. The Bertz CT molecular complexity index is 322. The van der Waals surface area contributed by atoms with Crippen molar-refractivity contribution in [3.05, 3.63) is 0 Å². The molecule has 20 heavy (non-hydrogen) atoms. The Labute approximate surface area is 120 Å². The molecule has 3 atom stereocenters. The maximum Gasteiger partial charge on any atom is 0.306 e. The number of aliphatic carboxylic acids is 1. The molecule has 0 aromatic rings. The van der Waals surface area contributed by atoms with Gasteiger partial charge in [-0.25, -0.2) is 0 Å². The fourth-order valence-corrected chi connectivity index (χ4v) is 2.22. The summed E-state index contributed by atoms with van der Waals surface area (Å²) in [7, 11) is 0. The zero-order valence-electron chi connectivity index (χ0n) is 12.4. The fourth-order valence-electron chi connectivity index (χ4n) is 2.22. The summed E-state index contributed by atoms with van der Waals surface area (Å²) in [5.41, 5.74) is 0. The van der Waals surface area contributed by atoms with E-state index in [1.807, 2.05) is 0 Å². The van der Waals surface area contributed by atoms with Gasteiger partial charge in [-0.3, -0.25) is 9.59 Å². The van der Waals surface area contributed by atoms with E-state index in [4.69, 9.17) is 9.84 Å². The van der Waals surface area contributed by atoms with Crippen molar-refractivity contribution in [2.24, 2.45) is 11.8 Å². The summed E-state index contributed by atoms with van der Waals surface area (Å²) < 4.78 is 5.36. The lowest BCUT2D eigenvalue weighted by Crippen LogP contribution is -2.44. The van der Waals surface area contributed by atoms with Crippen LogP contribution in [0.1, 0.15) is 33.1 Å². The van der Waals surface area contributed by atoms with E-state index in [0.29, 0.717) is 32.6 Å². The first kappa shape index (κ1) is 16.9. The fraction of sp³-hybridized carbons (Fsp3) is 0.857. The quantitative estimate of drug-likeness (QED) is 0.541. The molecule has 116 valence electrons. The molecule has 1 aliphatic heterocycles. The summed E-state index contributed by atoms with van der Waals surface area (Å²) in [5.74, 6) is -1.29. The van der Waals surface area contributed by atoms with Gasteiger partial charge >= 0.3 is 5.97 Å². The van der Waals surface area contributed by atoms with Gasteiger partial charge < -0.3 is 20.5 Å². The molecular weight excluding hydrogens is 260 g/mol. The predicted molar refractivity (Wildman–Crippen MR) is 75.4 cm³/mol. The largest absolute Gasteiger partial charge is 0.481 e. The SMILES string of the molecule is CCCNC1COCC1C(=O)NCCCC(C)C(=O)O. The van der Waals surface area contributed by atoms with Crippen LogP contribution >= 0.6 is 0 Å². The number of carboxylic acids is 1. The topological polar surface area (TPSA) is 87.7 Å². The summed E-state index contributed by atoms with van der Waals surface area (Å²) in [6.45, 7) is 6.20. The van der Waals surface area contributed by atoms with E-state index in [0.717, 1.165) is 13.0 Å². The molecule has 0 aromatic heterocycles. The van der Waals surface area contributed by atoms with E-state index in [2.05, 4.69) is 17.6 Å². The number of carboxylic acid groups (broad SMARTS) is 1. The van der Waals surface area contributed by atoms with Crippen molar-refractivity contribution < 1.29 is 19.4 Å². The summed E-state index contributed by atoms with van der Waals surface area (Å²) in [4.78, 5) is 22.7. The number of rotatable bonds is 9. The summed E-state index contributed by atoms with van der Waals surface area (Å²) in [6.07, 6.45) is 2.28. The van der Waals surface area contributed by atoms with Gasteiger partial charge in [-0.15, -0.1) is 0 Å². The minimum Gasteiger partial charge on any atom is -0.481 e. The molecule has 6 heteroatoms. The molecular formula is C14H26N2O4. The Morgan fingerprint density at radius 1 is 1.35 bits per heavy atom. The van der Waals surface area contributed by atoms with Crippen LogP contribution in [0.15, 0.2) is 0 Å². The molecule has 0 aromatic carbocycles. The van der Waals surface area contributed by atoms with Crippen molar-refractivity contribution in [3.63, 3.8) is 0 Å². The Balaban J connectivity index is 2.23. The van der Waals surface area contributed by atoms with Gasteiger partial charge in [-0.05, 0) is 25.8 Å². The van der Waals surface area contributed by atoms with E-state index in [1.165, 1.54) is 0 Å². The van der Waals surface area contributed by atoms with Gasteiger partial charge in [0.1, 0.15) is 0 Å². The smallest absolute Gasteiger partial charge is 0.306 e. The molecule has 1 rings (SSSR count). The number of hydrogen-bond acceptors (Lipinski definition) is 4. The lowest BCUT2D eigenvalue weighted by molar-refractivity contribution is -0.141. The lowest BCUT2D eigenvalue weighted by Gasteiger charge is -2.18. The third-order valence-corrected chi connectivity index (χ3v) is 3.61. The highest BCUT2D eigenvalue weighted by atomic mass is 16.5. The van der Waals surface area contributed by atoms with Crippen molar-refractivity contribution in [1.29, 1.82) is 0 Å². The van der Waals surface area contributed by atoms with Crippen molar-refractivity contribution in [2.75, 3.05) is 26.3 Å². The molecule has 1 aliphatic rings. The highest BCUT2D eigenvalue weighted by molar-refractivity contribution is 5.79. The molecule has 0 bridgehead atoms. The maximum atomic E-state index is 12.1. The van der Waals surface area contributed by atoms with Crippen molar-refractivity contribution in [2.45, 2.75) is 39.2 Å². The van der Waals surface area contributed by atoms with Crippen LogP contribution in [-0.4, -0.2) is 49.3 Å². The van der Waals surface area contributed by atoms with E-state index in [-0.39, 0.29) is 23.8 Å². The van der Waals surface area contributed by atoms with Crippen LogP contribution in [0.2, 0.25) is 0 Å². The van der Waals surface area contributed by atoms with Crippen LogP contribution in [-0.2, 0) is 14.3 Å². The first-order valence-corrected chi connectivity index (χ1v) is 7.37. The number of carbonyl (C=O) groups excluding carboxylic acids is 1. The second-order valence-electron chi connectivity index (χ2n) is 5.38. The van der Waals surface area contributed by atoms with Crippen molar-refractivity contribution in [3.8, 4) is 0 Å². The Morgan fingerprint density at radius 2 is 2.10 bits per heavy atom. The van der Waals surface area contributed by atoms with Crippen molar-refractivity contribution >= 4 is 11.9 Å². The zero-order chi connectivity index (χ0) is 15.0. The van der Waals surface area contributed by atoms with E-state index >= 15 is 0 Å². The molecule has 1 fully saturated rings. The summed E-state index contributed by atoms with van der Waals surface area (Å²) in [6, 6.07) is 0.0906. The minimum atomic E-state index is -0.788. The average Bonchev–Trinajstić information content (AvgIpc) is 2.88. The van der Waals surface area contributed by atoms with Gasteiger partial charge in [0, 0.05) is 12.6 Å². The highest BCUT2D eigenvalue weighted by Gasteiger charge is 2.33. The monoisotopic (exact) mass is 286 g/mol. The third-order valence-electron chi connectivity index (χ3n) is 3.61. The molecule has 0 radical (unpaired) electrons. The zero-order valence-corrected chi connectivity index (χ0v) is 12.4. The van der Waals surface area contributed by atoms with Crippen LogP contribution in [0.3, 0.4) is 0 Å². The van der Waals surface area contributed by atoms with Gasteiger partial charge in [0.25, 0.3) is 0 Å². The van der Waals surface area contributed by atoms with E-state index in [9.17, 15) is 9.59 Å². The Morgan fingerprint density at radius 3 is 2.75 bits per heavy atom. The molecule has 6 nitrogen and oxygen atoms in total. The summed E-state index contributed by atoms with van der Waals surface area (Å²) >= 11 is 0. The number of carbonyl (C=O) groups is 2. The molecule has 3 unspecified atom stereocenters. The Hall–Kier alpha value is -1.14. The van der Waals surface area contributed by atoms with Gasteiger partial charge in [0.05, 0.1) is 25.0 Å². The molecule has 1 saturated heterocycles. The number of hydrogen-bond donors (Lipinski definition) is 3. The lowest BCUT2D eigenvalue weighted by atomic mass is 10.0. The normalized spacial score (nSPS) is 23.5. The second-order valence-corrected chi connectivity index (χ2v) is 5.38. The number of amides is 1. The standard InChI is InChI=1S/C14H26N2O4/c1-3-6-15-12-9-20-8-11(12)13(17)16-7-4-5-10(2)14(18)19/h10-12,15H,3-9H2,1-2H3,(H,16,17)(H,18,19). The molecule has 0 aliphatic carbocycles. The first-order valence-electron chi connectivity index (χ1n) is 7.37. The van der Waals surface area contributed by atoms with Gasteiger partial charge in [0.2, 0.25) is 5.91 Å². The van der Waals surface area contributed by atoms with Gasteiger partial charge in [-0.2, -0.15) is 0 Å². The van der Waals surface area contributed by atoms with Crippen LogP contribution in [0.4, 0.5) is 0 Å². The van der Waals surface area contributed by atoms with E-state index < -0.39 is 5.97 Å². The molecule has 3 N–H and O–H groups in total. The maximum absolute atomic E-state index is 12.1. The second kappa shape index (κ2) is 8.92. The van der Waals surface area contributed by atoms with Gasteiger partial charge in [0.15, 0.2) is 0 Å². The molecule has 0 saturated carbocycles.